The number of halogens is 1. The molecule has 1 atom stereocenters. The Balaban J connectivity index is 2.08. The molecule has 3 rings (SSSR count). The number of carbonyl (C=O) groups excluding carboxylic acids is 2. The maximum absolute atomic E-state index is 12.9. The second kappa shape index (κ2) is 9.45. The molecule has 1 saturated heterocycles. The van der Waals surface area contributed by atoms with Crippen LogP contribution < -0.4 is 4.74 Å². The van der Waals surface area contributed by atoms with Crippen molar-refractivity contribution in [1.82, 2.24) is 4.90 Å². The van der Waals surface area contributed by atoms with Crippen LogP contribution in [0.3, 0.4) is 0 Å². The molecule has 1 fully saturated rings. The summed E-state index contributed by atoms with van der Waals surface area (Å²) in [4.78, 5) is 27.1. The van der Waals surface area contributed by atoms with E-state index in [1.165, 1.54) is 12.0 Å². The number of ketones is 1. The van der Waals surface area contributed by atoms with E-state index in [4.69, 9.17) is 9.47 Å². The lowest BCUT2D eigenvalue weighted by atomic mass is 9.95. The van der Waals surface area contributed by atoms with E-state index in [0.29, 0.717) is 11.3 Å². The van der Waals surface area contributed by atoms with Gasteiger partial charge in [-0.3, -0.25) is 9.59 Å². The fourth-order valence-electron chi connectivity index (χ4n) is 3.44. The van der Waals surface area contributed by atoms with Crippen LogP contribution in [-0.2, 0) is 14.3 Å². The van der Waals surface area contributed by atoms with E-state index in [1.54, 1.807) is 24.3 Å². The van der Waals surface area contributed by atoms with Crippen molar-refractivity contribution in [2.75, 3.05) is 20.3 Å². The van der Waals surface area contributed by atoms with Crippen molar-refractivity contribution in [3.8, 4) is 5.75 Å². The minimum absolute atomic E-state index is 0.0204. The van der Waals surface area contributed by atoms with Crippen molar-refractivity contribution in [1.29, 1.82) is 0 Å². The number of methoxy groups -OCH3 is 1. The second-order valence-electron chi connectivity index (χ2n) is 7.23. The number of rotatable bonds is 7. The largest absolute Gasteiger partial charge is 0.507 e. The lowest BCUT2D eigenvalue weighted by molar-refractivity contribution is -0.140. The first-order valence-electron chi connectivity index (χ1n) is 9.63. The number of Topliss-reactive ketones (excluding diaryl/α,β-unsaturated/α-hetero) is 1. The summed E-state index contributed by atoms with van der Waals surface area (Å²) in [6.45, 7) is 4.36. The summed E-state index contributed by atoms with van der Waals surface area (Å²) >= 11 is 3.44. The molecule has 0 unspecified atom stereocenters. The molecular formula is C23H24BrNO5. The monoisotopic (exact) mass is 473 g/mol. The third kappa shape index (κ3) is 4.57. The van der Waals surface area contributed by atoms with Gasteiger partial charge in [0.2, 0.25) is 0 Å². The molecule has 2 aromatic rings. The number of benzene rings is 2. The molecule has 1 heterocycles. The van der Waals surface area contributed by atoms with Crippen LogP contribution in [0.4, 0.5) is 0 Å². The summed E-state index contributed by atoms with van der Waals surface area (Å²) in [7, 11) is 1.53. The lowest BCUT2D eigenvalue weighted by Gasteiger charge is -2.25. The van der Waals surface area contributed by atoms with Gasteiger partial charge in [0, 0.05) is 23.7 Å². The van der Waals surface area contributed by atoms with Gasteiger partial charge in [0.1, 0.15) is 11.5 Å². The number of hydrogen-bond donors (Lipinski definition) is 1. The second-order valence-corrected chi connectivity index (χ2v) is 8.15. The van der Waals surface area contributed by atoms with E-state index in [0.717, 1.165) is 10.0 Å². The number of likely N-dealkylation sites (tertiary alicyclic amines) is 1. The molecule has 0 aliphatic carbocycles. The summed E-state index contributed by atoms with van der Waals surface area (Å²) < 4.78 is 11.6. The van der Waals surface area contributed by atoms with Crippen LogP contribution in [0.15, 0.2) is 58.6 Å². The van der Waals surface area contributed by atoms with Crippen molar-refractivity contribution < 1.29 is 24.2 Å². The summed E-state index contributed by atoms with van der Waals surface area (Å²) in [5.74, 6) is -0.922. The summed E-state index contributed by atoms with van der Waals surface area (Å²) in [5, 5.41) is 11.0. The molecule has 1 aliphatic heterocycles. The molecule has 7 heteroatoms. The third-order valence-corrected chi connectivity index (χ3v) is 5.23. The summed E-state index contributed by atoms with van der Waals surface area (Å²) in [6, 6.07) is 13.4. The van der Waals surface area contributed by atoms with Crippen molar-refractivity contribution in [2.24, 2.45) is 0 Å². The van der Waals surface area contributed by atoms with Gasteiger partial charge >= 0.3 is 0 Å². The van der Waals surface area contributed by atoms with Crippen molar-refractivity contribution >= 4 is 33.4 Å². The number of carbonyl (C=O) groups is 2. The Morgan fingerprint density at radius 3 is 2.47 bits per heavy atom. The Kier molecular flexibility index (Phi) is 6.95. The fraction of sp³-hybridized carbons (Fsp3) is 0.304. The molecule has 0 saturated carbocycles. The zero-order valence-corrected chi connectivity index (χ0v) is 18.7. The van der Waals surface area contributed by atoms with Crippen LogP contribution in [0, 0.1) is 0 Å². The SMILES string of the molecule is COCCN1C(=O)C(=O)/C(=C(/O)c2ccc(OC(C)C)cc2)[C@H]1c1cccc(Br)c1. The number of amides is 1. The van der Waals surface area contributed by atoms with Gasteiger partial charge in [0.15, 0.2) is 0 Å². The lowest BCUT2D eigenvalue weighted by Crippen LogP contribution is -2.32. The number of nitrogens with zero attached hydrogens (tertiary/aromatic N) is 1. The number of ether oxygens (including phenoxy) is 2. The van der Waals surface area contributed by atoms with E-state index < -0.39 is 17.7 Å². The average molecular weight is 474 g/mol. The van der Waals surface area contributed by atoms with Gasteiger partial charge in [0.25, 0.3) is 11.7 Å². The highest BCUT2D eigenvalue weighted by molar-refractivity contribution is 9.10. The third-order valence-electron chi connectivity index (χ3n) is 4.74. The Morgan fingerprint density at radius 1 is 1.17 bits per heavy atom. The zero-order chi connectivity index (χ0) is 21.8. The van der Waals surface area contributed by atoms with Crippen LogP contribution in [0.2, 0.25) is 0 Å². The smallest absolute Gasteiger partial charge is 0.295 e. The first-order chi connectivity index (χ1) is 14.3. The fourth-order valence-corrected chi connectivity index (χ4v) is 3.86. The molecule has 158 valence electrons. The van der Waals surface area contributed by atoms with E-state index in [2.05, 4.69) is 15.9 Å². The summed E-state index contributed by atoms with van der Waals surface area (Å²) in [5.41, 5.74) is 1.23. The average Bonchev–Trinajstić information content (AvgIpc) is 2.96. The molecule has 30 heavy (non-hydrogen) atoms. The van der Waals surface area contributed by atoms with Crippen molar-refractivity contribution in [2.45, 2.75) is 26.0 Å². The molecule has 1 aliphatic rings. The van der Waals surface area contributed by atoms with Gasteiger partial charge in [-0.25, -0.2) is 0 Å². The van der Waals surface area contributed by atoms with Crippen molar-refractivity contribution in [3.05, 3.63) is 69.7 Å². The number of aliphatic hydroxyl groups excluding tert-OH is 1. The molecule has 0 radical (unpaired) electrons. The Hall–Kier alpha value is -2.64. The van der Waals surface area contributed by atoms with Crippen LogP contribution in [0.1, 0.15) is 31.0 Å². The van der Waals surface area contributed by atoms with Gasteiger partial charge in [0.05, 0.1) is 24.3 Å². The van der Waals surface area contributed by atoms with Crippen LogP contribution in [0.25, 0.3) is 5.76 Å². The van der Waals surface area contributed by atoms with Gasteiger partial charge in [-0.2, -0.15) is 0 Å². The first kappa shape index (κ1) is 22.1. The molecular weight excluding hydrogens is 450 g/mol. The predicted molar refractivity (Wildman–Crippen MR) is 117 cm³/mol. The Morgan fingerprint density at radius 2 is 1.87 bits per heavy atom. The van der Waals surface area contributed by atoms with E-state index in [1.807, 2.05) is 38.1 Å². The standard InChI is InChI=1S/C23H24BrNO5/c1-14(2)30-18-9-7-15(8-10-18)21(26)19-20(16-5-4-6-17(24)13-16)25(11-12-29-3)23(28)22(19)27/h4-10,13-14,20,26H,11-12H2,1-3H3/b21-19+/t20-/m1/s1. The topological polar surface area (TPSA) is 76.1 Å². The molecule has 6 nitrogen and oxygen atoms in total. The first-order valence-corrected chi connectivity index (χ1v) is 10.4. The quantitative estimate of drug-likeness (QED) is 0.368. The maximum Gasteiger partial charge on any atom is 0.295 e. The minimum Gasteiger partial charge on any atom is -0.507 e. The predicted octanol–water partition coefficient (Wildman–Crippen LogP) is 4.30. The molecule has 0 aromatic heterocycles. The van der Waals surface area contributed by atoms with Crippen LogP contribution in [-0.4, -0.2) is 48.1 Å². The number of aliphatic hydroxyl groups is 1. The normalized spacial score (nSPS) is 18.3. The minimum atomic E-state index is -0.712. The van der Waals surface area contributed by atoms with E-state index in [-0.39, 0.29) is 30.6 Å². The number of hydrogen-bond acceptors (Lipinski definition) is 5. The van der Waals surface area contributed by atoms with Gasteiger partial charge in [-0.1, -0.05) is 28.1 Å². The molecule has 2 aromatic carbocycles. The molecule has 1 amide bonds. The molecule has 0 bridgehead atoms. The van der Waals surface area contributed by atoms with E-state index >= 15 is 0 Å². The van der Waals surface area contributed by atoms with Crippen molar-refractivity contribution in [3.63, 3.8) is 0 Å². The van der Waals surface area contributed by atoms with E-state index in [9.17, 15) is 14.7 Å². The maximum atomic E-state index is 12.9. The highest BCUT2D eigenvalue weighted by atomic mass is 79.9. The Bertz CT molecular complexity index is 968. The zero-order valence-electron chi connectivity index (χ0n) is 17.1. The Labute approximate surface area is 184 Å². The van der Waals surface area contributed by atoms with Gasteiger partial charge < -0.3 is 19.5 Å². The van der Waals surface area contributed by atoms with Crippen LogP contribution in [0.5, 0.6) is 5.75 Å². The van der Waals surface area contributed by atoms with Gasteiger partial charge in [-0.05, 0) is 55.8 Å². The molecule has 0 spiro atoms. The highest BCUT2D eigenvalue weighted by Crippen LogP contribution is 2.40. The van der Waals surface area contributed by atoms with Crippen LogP contribution >= 0.6 is 15.9 Å². The molecule has 1 N–H and O–H groups in total. The summed E-state index contributed by atoms with van der Waals surface area (Å²) in [6.07, 6.45) is 0.0204. The van der Waals surface area contributed by atoms with Gasteiger partial charge in [-0.15, -0.1) is 0 Å². The highest BCUT2D eigenvalue weighted by Gasteiger charge is 2.45.